The first-order chi connectivity index (χ1) is 18.0. The third-order valence-corrected chi connectivity index (χ3v) is 6.76. The number of anilines is 1. The van der Waals surface area contributed by atoms with E-state index in [0.717, 1.165) is 55.3 Å². The molecule has 0 spiro atoms. The van der Waals surface area contributed by atoms with Crippen LogP contribution in [0.1, 0.15) is 36.0 Å². The average molecular weight is 523 g/mol. The number of allylic oxidation sites excluding steroid dienone is 2. The van der Waals surface area contributed by atoms with E-state index < -0.39 is 5.97 Å². The number of carboxylic acid groups (broad SMARTS) is 1. The molecule has 1 aliphatic rings. The van der Waals surface area contributed by atoms with Gasteiger partial charge in [0.05, 0.1) is 7.11 Å². The molecule has 0 aliphatic carbocycles. The van der Waals surface area contributed by atoms with Crippen LogP contribution in [0.3, 0.4) is 0 Å². The molecule has 1 atom stereocenters. The summed E-state index contributed by atoms with van der Waals surface area (Å²) in [7, 11) is 1.69. The van der Waals surface area contributed by atoms with E-state index in [-0.39, 0.29) is 41.9 Å². The van der Waals surface area contributed by atoms with E-state index in [9.17, 15) is 9.90 Å². The molecule has 1 fully saturated rings. The van der Waals surface area contributed by atoms with Crippen LogP contribution in [0.4, 0.5) is 5.69 Å². The molecule has 1 saturated heterocycles. The van der Waals surface area contributed by atoms with E-state index in [4.69, 9.17) is 9.47 Å². The maximum absolute atomic E-state index is 11.0. The van der Waals surface area contributed by atoms with Gasteiger partial charge in [0.25, 0.3) is 0 Å². The van der Waals surface area contributed by atoms with Gasteiger partial charge in [-0.05, 0) is 66.4 Å². The summed E-state index contributed by atoms with van der Waals surface area (Å²) in [6, 6.07) is 24.5. The van der Waals surface area contributed by atoms with Crippen molar-refractivity contribution in [1.29, 1.82) is 0 Å². The number of hydrogen-bond donors (Lipinski definition) is 0. The molecule has 4 rings (SSSR count). The fraction of sp³-hybridized carbons (Fsp3) is 0.323. The van der Waals surface area contributed by atoms with Crippen molar-refractivity contribution in [3.8, 4) is 11.5 Å². The molecule has 0 radical (unpaired) electrons. The quantitative estimate of drug-likeness (QED) is 0.280. The Kier molecular flexibility index (Phi) is 11.7. The van der Waals surface area contributed by atoms with Crippen molar-refractivity contribution < 1.29 is 48.9 Å². The van der Waals surface area contributed by atoms with Crippen molar-refractivity contribution in [3.05, 3.63) is 102 Å². The van der Waals surface area contributed by atoms with Crippen molar-refractivity contribution in [2.75, 3.05) is 38.2 Å². The van der Waals surface area contributed by atoms with Crippen molar-refractivity contribution in [2.45, 2.75) is 32.4 Å². The minimum Gasteiger partial charge on any atom is -0.550 e. The molecule has 194 valence electrons. The van der Waals surface area contributed by atoms with Crippen molar-refractivity contribution in [3.63, 3.8) is 0 Å². The van der Waals surface area contributed by atoms with Gasteiger partial charge < -0.3 is 24.3 Å². The Morgan fingerprint density at radius 3 is 2.08 bits per heavy atom. The Balaban J connectivity index is 0.00000400. The average Bonchev–Trinajstić information content (AvgIpc) is 2.93. The number of benzene rings is 3. The summed E-state index contributed by atoms with van der Waals surface area (Å²) in [5.41, 5.74) is 4.59. The van der Waals surface area contributed by atoms with Gasteiger partial charge in [-0.2, -0.15) is 0 Å². The number of carbonyl (C=O) groups excluding carboxylic acids is 1. The van der Waals surface area contributed by atoms with E-state index in [1.165, 1.54) is 11.3 Å². The first-order valence-electron chi connectivity index (χ1n) is 12.8. The Labute approximate surface area is 248 Å². The molecule has 38 heavy (non-hydrogen) atoms. The van der Waals surface area contributed by atoms with Crippen LogP contribution in [-0.4, -0.2) is 44.2 Å². The molecule has 0 N–H and O–H groups in total. The molecular formula is C31H35N2NaO4. The summed E-state index contributed by atoms with van der Waals surface area (Å²) in [5, 5.41) is 11.0. The Bertz CT molecular complexity index is 1160. The van der Waals surface area contributed by atoms with Crippen LogP contribution in [-0.2, 0) is 17.9 Å². The maximum Gasteiger partial charge on any atom is 1.00 e. The van der Waals surface area contributed by atoms with Crippen LogP contribution in [0.5, 0.6) is 11.5 Å². The van der Waals surface area contributed by atoms with Gasteiger partial charge in [0, 0.05) is 50.3 Å². The maximum atomic E-state index is 11.0. The summed E-state index contributed by atoms with van der Waals surface area (Å²) in [5.74, 6) is 0.401. The van der Waals surface area contributed by atoms with Crippen molar-refractivity contribution in [1.82, 2.24) is 4.90 Å². The molecule has 0 saturated carbocycles. The van der Waals surface area contributed by atoms with Gasteiger partial charge in [0.15, 0.2) is 0 Å². The van der Waals surface area contributed by atoms with Crippen LogP contribution in [0.15, 0.2) is 84.9 Å². The summed E-state index contributed by atoms with van der Waals surface area (Å²) in [6.45, 7) is 7.40. The van der Waals surface area contributed by atoms with Crippen molar-refractivity contribution >= 4 is 11.7 Å². The van der Waals surface area contributed by atoms with E-state index >= 15 is 0 Å². The summed E-state index contributed by atoms with van der Waals surface area (Å²) < 4.78 is 11.2. The number of nitrogens with zero attached hydrogens (tertiary/aromatic N) is 2. The number of piperazine rings is 1. The van der Waals surface area contributed by atoms with Crippen LogP contribution in [0.25, 0.3) is 0 Å². The second-order valence-corrected chi connectivity index (χ2v) is 9.34. The molecule has 6 nitrogen and oxygen atoms in total. The Hall–Kier alpha value is -2.77. The van der Waals surface area contributed by atoms with Gasteiger partial charge in [0.1, 0.15) is 18.1 Å². The van der Waals surface area contributed by atoms with Crippen LogP contribution in [0, 0.1) is 0 Å². The molecule has 0 aromatic heterocycles. The van der Waals surface area contributed by atoms with Gasteiger partial charge in [0.2, 0.25) is 0 Å². The summed E-state index contributed by atoms with van der Waals surface area (Å²) in [6.07, 6.45) is 3.72. The third-order valence-electron chi connectivity index (χ3n) is 6.76. The van der Waals surface area contributed by atoms with E-state index in [1.807, 2.05) is 55.5 Å². The minimum absolute atomic E-state index is 0. The second-order valence-electron chi connectivity index (χ2n) is 9.34. The first-order valence-corrected chi connectivity index (χ1v) is 12.8. The minimum atomic E-state index is -1.05. The molecule has 3 aromatic rings. The first kappa shape index (κ1) is 29.8. The second kappa shape index (κ2) is 15.0. The monoisotopic (exact) mass is 522 g/mol. The number of aliphatic carboxylic acids is 1. The number of rotatable bonds is 11. The number of methoxy groups -OCH3 is 1. The molecule has 0 unspecified atom stereocenters. The zero-order valence-corrected chi connectivity index (χ0v) is 24.6. The third kappa shape index (κ3) is 8.63. The molecule has 0 amide bonds. The zero-order valence-electron chi connectivity index (χ0n) is 22.6. The largest absolute Gasteiger partial charge is 1.00 e. The topological polar surface area (TPSA) is 65.1 Å². The number of ether oxygens (including phenoxy) is 2. The SMILES string of the molecule is CC=C[C@H](CC(=O)[O-])c1ccc(OCc2ccc(CN3CCN(c4ccc(OC)cc4)CC3)cc2)cc1.[Na+]. The van der Waals surface area contributed by atoms with Crippen LogP contribution >= 0.6 is 0 Å². The number of carbonyl (C=O) groups is 1. The smallest absolute Gasteiger partial charge is 0.550 e. The molecule has 7 heteroatoms. The van der Waals surface area contributed by atoms with Crippen molar-refractivity contribution in [2.24, 2.45) is 0 Å². The molecular weight excluding hydrogens is 487 g/mol. The fourth-order valence-corrected chi connectivity index (χ4v) is 4.64. The predicted octanol–water partition coefficient (Wildman–Crippen LogP) is 1.40. The number of carboxylic acids is 1. The molecule has 1 heterocycles. The van der Waals surface area contributed by atoms with Gasteiger partial charge in [-0.3, -0.25) is 4.90 Å². The van der Waals surface area contributed by atoms with Crippen LogP contribution < -0.4 is 49.0 Å². The zero-order chi connectivity index (χ0) is 26.0. The van der Waals surface area contributed by atoms with Crippen LogP contribution in [0.2, 0.25) is 0 Å². The van der Waals surface area contributed by atoms with E-state index in [2.05, 4.69) is 46.2 Å². The number of hydrogen-bond acceptors (Lipinski definition) is 6. The summed E-state index contributed by atoms with van der Waals surface area (Å²) >= 11 is 0. The van der Waals surface area contributed by atoms with Gasteiger partial charge >= 0.3 is 29.6 Å². The Morgan fingerprint density at radius 1 is 0.895 bits per heavy atom. The van der Waals surface area contributed by atoms with Gasteiger partial charge in [-0.25, -0.2) is 0 Å². The fourth-order valence-electron chi connectivity index (χ4n) is 4.64. The molecule has 3 aromatic carbocycles. The molecule has 0 bridgehead atoms. The van der Waals surface area contributed by atoms with Gasteiger partial charge in [-0.1, -0.05) is 48.6 Å². The standard InChI is InChI=1S/C31H36N2O4.Na/c1-3-4-27(21-31(34)35)26-9-13-30(14-10-26)37-23-25-7-5-24(6-8-25)22-32-17-19-33(20-18-32)28-11-15-29(36-2)16-12-28;/h3-16,27H,17-23H2,1-2H3,(H,34,35);/q;+1/p-1/t27-;/m1./s1. The van der Waals surface area contributed by atoms with E-state index in [1.54, 1.807) is 7.11 Å². The van der Waals surface area contributed by atoms with E-state index in [0.29, 0.717) is 6.61 Å². The predicted molar refractivity (Wildman–Crippen MR) is 145 cm³/mol. The molecule has 1 aliphatic heterocycles. The van der Waals surface area contributed by atoms with Gasteiger partial charge in [-0.15, -0.1) is 0 Å². The normalized spacial score (nSPS) is 14.6. The summed E-state index contributed by atoms with van der Waals surface area (Å²) in [4.78, 5) is 15.9. The Morgan fingerprint density at radius 2 is 1.50 bits per heavy atom.